The summed E-state index contributed by atoms with van der Waals surface area (Å²) in [5.74, 6) is 0.888. The van der Waals surface area contributed by atoms with Crippen LogP contribution in [0.4, 0.5) is 0 Å². The van der Waals surface area contributed by atoms with E-state index in [9.17, 15) is 0 Å². The molecule has 2 nitrogen and oxygen atoms in total. The van der Waals surface area contributed by atoms with Gasteiger partial charge in [-0.1, -0.05) is 32.9 Å². The molecule has 1 rings (SSSR count). The summed E-state index contributed by atoms with van der Waals surface area (Å²) < 4.78 is 5.09. The minimum atomic E-state index is 0.159. The Morgan fingerprint density at radius 1 is 1.20 bits per heavy atom. The molecule has 0 amide bonds. The van der Waals surface area contributed by atoms with E-state index < -0.39 is 0 Å². The van der Waals surface area contributed by atoms with Crippen LogP contribution in [0.1, 0.15) is 26.3 Å². The summed E-state index contributed by atoms with van der Waals surface area (Å²) in [6.45, 7) is 7.17. The van der Waals surface area contributed by atoms with Crippen LogP contribution in [0.3, 0.4) is 0 Å². The van der Waals surface area contributed by atoms with Crippen molar-refractivity contribution in [1.29, 1.82) is 0 Å². The standard InChI is InChI=1S/C13H19NO/c1-13(2,3)10-14-9-11-5-7-12(15-4)8-6-11/h5-8,10H,9H2,1-4H3. The maximum Gasteiger partial charge on any atom is 0.118 e. The van der Waals surface area contributed by atoms with Gasteiger partial charge in [-0.05, 0) is 23.1 Å². The average Bonchev–Trinajstić information content (AvgIpc) is 2.17. The highest BCUT2D eigenvalue weighted by Crippen LogP contribution is 2.13. The van der Waals surface area contributed by atoms with E-state index in [1.807, 2.05) is 30.5 Å². The van der Waals surface area contributed by atoms with Crippen molar-refractivity contribution in [2.24, 2.45) is 10.4 Å². The quantitative estimate of drug-likeness (QED) is 0.694. The number of hydrogen-bond donors (Lipinski definition) is 0. The Morgan fingerprint density at radius 3 is 2.27 bits per heavy atom. The molecule has 0 spiro atoms. The zero-order valence-electron chi connectivity index (χ0n) is 9.95. The van der Waals surface area contributed by atoms with E-state index in [0.717, 1.165) is 12.3 Å². The second-order valence-electron chi connectivity index (χ2n) is 4.68. The third-order valence-electron chi connectivity index (χ3n) is 1.91. The predicted molar refractivity (Wildman–Crippen MR) is 64.6 cm³/mol. The van der Waals surface area contributed by atoms with Crippen LogP contribution in [0.25, 0.3) is 0 Å². The van der Waals surface area contributed by atoms with Gasteiger partial charge < -0.3 is 4.74 Å². The second kappa shape index (κ2) is 4.96. The zero-order chi connectivity index (χ0) is 11.3. The number of benzene rings is 1. The smallest absolute Gasteiger partial charge is 0.118 e. The fourth-order valence-corrected chi connectivity index (χ4v) is 1.16. The van der Waals surface area contributed by atoms with Crippen LogP contribution in [-0.2, 0) is 6.54 Å². The molecule has 0 unspecified atom stereocenters. The van der Waals surface area contributed by atoms with E-state index in [2.05, 4.69) is 25.8 Å². The van der Waals surface area contributed by atoms with Gasteiger partial charge in [0.1, 0.15) is 5.75 Å². The minimum Gasteiger partial charge on any atom is -0.497 e. The molecule has 0 bridgehead atoms. The molecular formula is C13H19NO. The van der Waals surface area contributed by atoms with E-state index in [1.54, 1.807) is 7.11 Å². The third kappa shape index (κ3) is 4.63. The first-order chi connectivity index (χ1) is 7.01. The Bertz CT molecular complexity index is 319. The van der Waals surface area contributed by atoms with Crippen LogP contribution >= 0.6 is 0 Å². The lowest BCUT2D eigenvalue weighted by molar-refractivity contribution is 0.414. The van der Waals surface area contributed by atoms with Crippen LogP contribution in [0.2, 0.25) is 0 Å². The summed E-state index contributed by atoms with van der Waals surface area (Å²) >= 11 is 0. The number of nitrogens with zero attached hydrogens (tertiary/aromatic N) is 1. The first-order valence-electron chi connectivity index (χ1n) is 5.15. The van der Waals surface area contributed by atoms with Gasteiger partial charge in [-0.3, -0.25) is 4.99 Å². The van der Waals surface area contributed by atoms with Crippen molar-refractivity contribution in [2.75, 3.05) is 7.11 Å². The normalized spacial score (nSPS) is 12.0. The fourth-order valence-electron chi connectivity index (χ4n) is 1.16. The molecule has 0 atom stereocenters. The van der Waals surface area contributed by atoms with E-state index in [0.29, 0.717) is 0 Å². The highest BCUT2D eigenvalue weighted by molar-refractivity contribution is 5.63. The summed E-state index contributed by atoms with van der Waals surface area (Å²) in [5.41, 5.74) is 1.36. The summed E-state index contributed by atoms with van der Waals surface area (Å²) in [4.78, 5) is 4.40. The molecule has 1 aromatic carbocycles. The number of ether oxygens (including phenoxy) is 1. The van der Waals surface area contributed by atoms with E-state index in [-0.39, 0.29) is 5.41 Å². The Labute approximate surface area is 92.0 Å². The Balaban J connectivity index is 2.55. The number of rotatable bonds is 3. The molecule has 0 radical (unpaired) electrons. The first kappa shape index (κ1) is 11.8. The highest BCUT2D eigenvalue weighted by atomic mass is 16.5. The first-order valence-corrected chi connectivity index (χ1v) is 5.15. The van der Waals surface area contributed by atoms with Crippen molar-refractivity contribution in [3.05, 3.63) is 29.8 Å². The van der Waals surface area contributed by atoms with Gasteiger partial charge in [0.25, 0.3) is 0 Å². The van der Waals surface area contributed by atoms with Crippen LogP contribution in [0, 0.1) is 5.41 Å². The van der Waals surface area contributed by atoms with Crippen molar-refractivity contribution in [3.63, 3.8) is 0 Å². The van der Waals surface area contributed by atoms with Gasteiger partial charge in [0.05, 0.1) is 13.7 Å². The number of methoxy groups -OCH3 is 1. The summed E-state index contributed by atoms with van der Waals surface area (Å²) in [5, 5.41) is 0. The molecule has 0 fully saturated rings. The average molecular weight is 205 g/mol. The Hall–Kier alpha value is -1.31. The fraction of sp³-hybridized carbons (Fsp3) is 0.462. The van der Waals surface area contributed by atoms with Gasteiger partial charge in [-0.25, -0.2) is 0 Å². The van der Waals surface area contributed by atoms with Gasteiger partial charge in [-0.2, -0.15) is 0 Å². The van der Waals surface area contributed by atoms with Gasteiger partial charge in [0.15, 0.2) is 0 Å². The topological polar surface area (TPSA) is 21.6 Å². The van der Waals surface area contributed by atoms with Crippen LogP contribution in [0.5, 0.6) is 5.75 Å². The molecule has 0 aliphatic rings. The lowest BCUT2D eigenvalue weighted by atomic mass is 9.99. The summed E-state index contributed by atoms with van der Waals surface area (Å²) in [6, 6.07) is 8.00. The SMILES string of the molecule is COc1ccc(CN=CC(C)(C)C)cc1. The zero-order valence-corrected chi connectivity index (χ0v) is 9.95. The van der Waals surface area contributed by atoms with Crippen molar-refractivity contribution in [1.82, 2.24) is 0 Å². The molecule has 82 valence electrons. The molecule has 0 saturated carbocycles. The molecule has 2 heteroatoms. The molecule has 0 saturated heterocycles. The lowest BCUT2D eigenvalue weighted by Crippen LogP contribution is -2.06. The second-order valence-corrected chi connectivity index (χ2v) is 4.68. The number of aliphatic imine (C=N–C) groups is 1. The van der Waals surface area contributed by atoms with Crippen LogP contribution < -0.4 is 4.74 Å². The van der Waals surface area contributed by atoms with Gasteiger partial charge in [0.2, 0.25) is 0 Å². The predicted octanol–water partition coefficient (Wildman–Crippen LogP) is 3.31. The maximum atomic E-state index is 5.09. The van der Waals surface area contributed by atoms with Crippen molar-refractivity contribution < 1.29 is 4.74 Å². The highest BCUT2D eigenvalue weighted by Gasteiger charge is 2.04. The van der Waals surface area contributed by atoms with Gasteiger partial charge in [0, 0.05) is 6.21 Å². The van der Waals surface area contributed by atoms with Crippen LogP contribution in [-0.4, -0.2) is 13.3 Å². The third-order valence-corrected chi connectivity index (χ3v) is 1.91. The molecule has 15 heavy (non-hydrogen) atoms. The van der Waals surface area contributed by atoms with Gasteiger partial charge in [-0.15, -0.1) is 0 Å². The molecule has 0 aromatic heterocycles. The molecule has 0 aliphatic carbocycles. The monoisotopic (exact) mass is 205 g/mol. The largest absolute Gasteiger partial charge is 0.497 e. The van der Waals surface area contributed by atoms with Crippen molar-refractivity contribution in [3.8, 4) is 5.75 Å². The molecular weight excluding hydrogens is 186 g/mol. The van der Waals surface area contributed by atoms with Crippen molar-refractivity contribution in [2.45, 2.75) is 27.3 Å². The van der Waals surface area contributed by atoms with Crippen molar-refractivity contribution >= 4 is 6.21 Å². The Kier molecular flexibility index (Phi) is 3.89. The van der Waals surface area contributed by atoms with Crippen LogP contribution in [0.15, 0.2) is 29.3 Å². The maximum absolute atomic E-state index is 5.09. The molecule has 1 aromatic rings. The number of hydrogen-bond acceptors (Lipinski definition) is 2. The Morgan fingerprint density at radius 2 is 1.80 bits per heavy atom. The van der Waals surface area contributed by atoms with E-state index in [4.69, 9.17) is 4.74 Å². The van der Waals surface area contributed by atoms with Gasteiger partial charge >= 0.3 is 0 Å². The minimum absolute atomic E-state index is 0.159. The molecule has 0 heterocycles. The summed E-state index contributed by atoms with van der Waals surface area (Å²) in [6.07, 6.45) is 2.00. The van der Waals surface area contributed by atoms with E-state index >= 15 is 0 Å². The molecule has 0 aliphatic heterocycles. The molecule has 0 N–H and O–H groups in total. The summed E-state index contributed by atoms with van der Waals surface area (Å²) in [7, 11) is 1.67. The van der Waals surface area contributed by atoms with E-state index in [1.165, 1.54) is 5.56 Å². The lowest BCUT2D eigenvalue weighted by Gasteiger charge is -2.09.